The Morgan fingerprint density at radius 3 is 2.67 bits per heavy atom. The van der Waals surface area contributed by atoms with Crippen molar-refractivity contribution in [3.05, 3.63) is 39.1 Å². The Hall–Kier alpha value is -0.710. The average molecular weight is 325 g/mol. The van der Waals surface area contributed by atoms with Crippen molar-refractivity contribution in [3.63, 3.8) is 0 Å². The first-order valence-corrected chi connectivity index (χ1v) is 7.57. The van der Waals surface area contributed by atoms with E-state index in [1.807, 2.05) is 18.2 Å². The third kappa shape index (κ3) is 3.64. The molecule has 0 aliphatic heterocycles. The predicted molar refractivity (Wildman–Crippen MR) is 81.8 cm³/mol. The van der Waals surface area contributed by atoms with E-state index in [2.05, 4.69) is 58.4 Å². The summed E-state index contributed by atoms with van der Waals surface area (Å²) < 4.78 is 1.09. The van der Waals surface area contributed by atoms with Gasteiger partial charge in [0, 0.05) is 27.5 Å². The highest BCUT2D eigenvalue weighted by Gasteiger charge is 2.11. The molecule has 0 aliphatic carbocycles. The number of benzene rings is 1. The molecule has 4 heteroatoms. The van der Waals surface area contributed by atoms with Gasteiger partial charge in [0.1, 0.15) is 5.01 Å². The second kappa shape index (κ2) is 5.51. The molecule has 0 fully saturated rings. The Kier molecular flexibility index (Phi) is 4.20. The number of halogens is 1. The molecule has 1 aromatic carbocycles. The Morgan fingerprint density at radius 1 is 1.28 bits per heavy atom. The Morgan fingerprint density at radius 2 is 2.00 bits per heavy atom. The van der Waals surface area contributed by atoms with Gasteiger partial charge in [-0.25, -0.2) is 4.98 Å². The van der Waals surface area contributed by atoms with Gasteiger partial charge in [0.15, 0.2) is 0 Å². The van der Waals surface area contributed by atoms with Crippen molar-refractivity contribution in [1.29, 1.82) is 0 Å². The first kappa shape index (κ1) is 13.7. The van der Waals surface area contributed by atoms with Crippen LogP contribution >= 0.6 is 27.3 Å². The van der Waals surface area contributed by atoms with Crippen LogP contribution < -0.4 is 5.32 Å². The van der Waals surface area contributed by atoms with E-state index in [-0.39, 0.29) is 5.54 Å². The normalized spacial score (nSPS) is 11.8. The van der Waals surface area contributed by atoms with E-state index < -0.39 is 0 Å². The van der Waals surface area contributed by atoms with Gasteiger partial charge in [-0.2, -0.15) is 0 Å². The summed E-state index contributed by atoms with van der Waals surface area (Å²) in [4.78, 5) is 4.67. The molecule has 0 amide bonds. The summed E-state index contributed by atoms with van der Waals surface area (Å²) in [5, 5.41) is 6.69. The second-order valence-corrected chi connectivity index (χ2v) is 7.01. The molecule has 0 bridgehead atoms. The van der Waals surface area contributed by atoms with Gasteiger partial charge in [-0.15, -0.1) is 11.3 Å². The van der Waals surface area contributed by atoms with Crippen molar-refractivity contribution >= 4 is 27.3 Å². The van der Waals surface area contributed by atoms with E-state index in [9.17, 15) is 0 Å². The summed E-state index contributed by atoms with van der Waals surface area (Å²) in [5.74, 6) is 0. The van der Waals surface area contributed by atoms with E-state index in [1.54, 1.807) is 11.3 Å². The average Bonchev–Trinajstić information content (AvgIpc) is 2.75. The lowest BCUT2D eigenvalue weighted by molar-refractivity contribution is 0.424. The maximum atomic E-state index is 4.67. The van der Waals surface area contributed by atoms with Gasteiger partial charge in [-0.05, 0) is 26.8 Å². The summed E-state index contributed by atoms with van der Waals surface area (Å²) in [6.45, 7) is 7.30. The second-order valence-electron chi connectivity index (χ2n) is 5.21. The van der Waals surface area contributed by atoms with Crippen molar-refractivity contribution in [3.8, 4) is 11.3 Å². The van der Waals surface area contributed by atoms with Crippen molar-refractivity contribution < 1.29 is 0 Å². The third-order valence-corrected chi connectivity index (χ3v) is 4.01. The standard InChI is InChI=1S/C14H17BrN2S/c1-14(2,3)16-8-13-17-12(9-18-13)10-6-4-5-7-11(10)15/h4-7,9,16H,8H2,1-3H3. The zero-order valence-corrected chi connectivity index (χ0v) is 13.2. The fraction of sp³-hybridized carbons (Fsp3) is 0.357. The number of thiazole rings is 1. The van der Waals surface area contributed by atoms with Gasteiger partial charge in [-0.1, -0.05) is 34.1 Å². The molecule has 1 aromatic heterocycles. The maximum Gasteiger partial charge on any atom is 0.107 e. The minimum atomic E-state index is 0.124. The molecule has 96 valence electrons. The highest BCUT2D eigenvalue weighted by Crippen LogP contribution is 2.28. The number of hydrogen-bond donors (Lipinski definition) is 1. The highest BCUT2D eigenvalue weighted by atomic mass is 79.9. The molecule has 2 nitrogen and oxygen atoms in total. The molecule has 0 saturated carbocycles. The van der Waals surface area contributed by atoms with Gasteiger partial charge >= 0.3 is 0 Å². The van der Waals surface area contributed by atoms with Gasteiger partial charge < -0.3 is 5.32 Å². The van der Waals surface area contributed by atoms with Crippen LogP contribution in [-0.4, -0.2) is 10.5 Å². The van der Waals surface area contributed by atoms with Crippen LogP contribution in [0.25, 0.3) is 11.3 Å². The van der Waals surface area contributed by atoms with Crippen molar-refractivity contribution in [1.82, 2.24) is 10.3 Å². The van der Waals surface area contributed by atoms with Crippen LogP contribution in [0.5, 0.6) is 0 Å². The van der Waals surface area contributed by atoms with Crippen LogP contribution in [-0.2, 0) is 6.54 Å². The largest absolute Gasteiger partial charge is 0.306 e. The SMILES string of the molecule is CC(C)(C)NCc1nc(-c2ccccc2Br)cs1. The van der Waals surface area contributed by atoms with Crippen molar-refractivity contribution in [2.45, 2.75) is 32.9 Å². The number of rotatable bonds is 3. The molecule has 0 unspecified atom stereocenters. The summed E-state index contributed by atoms with van der Waals surface area (Å²) in [6.07, 6.45) is 0. The van der Waals surface area contributed by atoms with Gasteiger partial charge in [0.05, 0.1) is 5.69 Å². The predicted octanol–water partition coefficient (Wildman–Crippen LogP) is 4.46. The smallest absolute Gasteiger partial charge is 0.107 e. The van der Waals surface area contributed by atoms with Gasteiger partial charge in [0.25, 0.3) is 0 Å². The Balaban J connectivity index is 2.14. The molecule has 2 rings (SSSR count). The van der Waals surface area contributed by atoms with Crippen LogP contribution in [0, 0.1) is 0 Å². The lowest BCUT2D eigenvalue weighted by Gasteiger charge is -2.19. The fourth-order valence-corrected chi connectivity index (χ4v) is 2.75. The van der Waals surface area contributed by atoms with E-state index in [0.29, 0.717) is 0 Å². The van der Waals surface area contributed by atoms with Crippen LogP contribution in [0.1, 0.15) is 25.8 Å². The first-order valence-electron chi connectivity index (χ1n) is 5.90. The van der Waals surface area contributed by atoms with Gasteiger partial charge in [0.2, 0.25) is 0 Å². The van der Waals surface area contributed by atoms with Crippen LogP contribution in [0.2, 0.25) is 0 Å². The number of nitrogens with zero attached hydrogens (tertiary/aromatic N) is 1. The monoisotopic (exact) mass is 324 g/mol. The molecule has 1 N–H and O–H groups in total. The van der Waals surface area contributed by atoms with Gasteiger partial charge in [-0.3, -0.25) is 0 Å². The topological polar surface area (TPSA) is 24.9 Å². The van der Waals surface area contributed by atoms with Crippen LogP contribution in [0.3, 0.4) is 0 Å². The molecular formula is C14H17BrN2S. The molecule has 0 aliphatic rings. The first-order chi connectivity index (χ1) is 8.46. The Labute approximate surface area is 121 Å². The third-order valence-electron chi connectivity index (χ3n) is 2.47. The molecule has 0 spiro atoms. The molecule has 0 saturated heterocycles. The lowest BCUT2D eigenvalue weighted by Crippen LogP contribution is -2.34. The summed E-state index contributed by atoms with van der Waals surface area (Å²) in [7, 11) is 0. The summed E-state index contributed by atoms with van der Waals surface area (Å²) >= 11 is 5.26. The van der Waals surface area contributed by atoms with E-state index in [0.717, 1.165) is 27.3 Å². The number of hydrogen-bond acceptors (Lipinski definition) is 3. The fourth-order valence-electron chi connectivity index (χ4n) is 1.53. The van der Waals surface area contributed by atoms with E-state index in [4.69, 9.17) is 0 Å². The minimum Gasteiger partial charge on any atom is -0.306 e. The molecule has 18 heavy (non-hydrogen) atoms. The van der Waals surface area contributed by atoms with Crippen molar-refractivity contribution in [2.75, 3.05) is 0 Å². The minimum absolute atomic E-state index is 0.124. The number of nitrogens with one attached hydrogen (secondary N) is 1. The van der Waals surface area contributed by atoms with E-state index in [1.165, 1.54) is 0 Å². The van der Waals surface area contributed by atoms with Crippen LogP contribution in [0.4, 0.5) is 0 Å². The summed E-state index contributed by atoms with van der Waals surface area (Å²) in [5.41, 5.74) is 2.31. The number of aromatic nitrogens is 1. The van der Waals surface area contributed by atoms with Crippen LogP contribution in [0.15, 0.2) is 34.1 Å². The zero-order chi connectivity index (χ0) is 13.2. The summed E-state index contributed by atoms with van der Waals surface area (Å²) in [6, 6.07) is 8.18. The highest BCUT2D eigenvalue weighted by molar-refractivity contribution is 9.10. The molecular weight excluding hydrogens is 308 g/mol. The van der Waals surface area contributed by atoms with E-state index >= 15 is 0 Å². The molecule has 1 heterocycles. The lowest BCUT2D eigenvalue weighted by atomic mass is 10.1. The zero-order valence-electron chi connectivity index (χ0n) is 10.8. The maximum absolute atomic E-state index is 4.67. The molecule has 0 atom stereocenters. The quantitative estimate of drug-likeness (QED) is 0.901. The molecule has 2 aromatic rings. The molecule has 0 radical (unpaired) electrons. The van der Waals surface area contributed by atoms with Crippen molar-refractivity contribution in [2.24, 2.45) is 0 Å². The Bertz CT molecular complexity index is 529.